The van der Waals surface area contributed by atoms with Gasteiger partial charge in [-0.1, -0.05) is 18.6 Å². The number of carbonyl (C=O) groups excluding carboxylic acids is 1. The second-order valence-corrected chi connectivity index (χ2v) is 6.45. The van der Waals surface area contributed by atoms with E-state index in [2.05, 4.69) is 34.0 Å². The van der Waals surface area contributed by atoms with Gasteiger partial charge in [0, 0.05) is 35.6 Å². The smallest absolute Gasteiger partial charge is 0.271 e. The van der Waals surface area contributed by atoms with Crippen LogP contribution in [0.2, 0.25) is 0 Å². The van der Waals surface area contributed by atoms with Crippen LogP contribution < -0.4 is 0 Å². The molecule has 1 aliphatic heterocycles. The van der Waals surface area contributed by atoms with Crippen molar-refractivity contribution in [2.45, 2.75) is 40.3 Å². The molecule has 5 heteroatoms. The highest BCUT2D eigenvalue weighted by Gasteiger charge is 2.28. The molecule has 1 N–H and O–H groups in total. The predicted molar refractivity (Wildman–Crippen MR) is 92.8 cm³/mol. The fourth-order valence-electron chi connectivity index (χ4n) is 3.32. The molecule has 0 fully saturated rings. The SMILES string of the molecule is CCc1ncc2c(n1)CN(C(=O)c1[nH]c3ccc(C)cc3c1C)C2. The Labute approximate surface area is 140 Å². The second-order valence-electron chi connectivity index (χ2n) is 6.45. The predicted octanol–water partition coefficient (Wildman–Crippen LogP) is 3.29. The molecule has 0 unspecified atom stereocenters. The summed E-state index contributed by atoms with van der Waals surface area (Å²) in [6, 6.07) is 6.21. The van der Waals surface area contributed by atoms with Gasteiger partial charge in [-0.2, -0.15) is 0 Å². The van der Waals surface area contributed by atoms with Crippen molar-refractivity contribution >= 4 is 16.8 Å². The van der Waals surface area contributed by atoms with Crippen molar-refractivity contribution in [3.63, 3.8) is 0 Å². The number of hydrogen-bond donors (Lipinski definition) is 1. The van der Waals surface area contributed by atoms with Gasteiger partial charge >= 0.3 is 0 Å². The standard InChI is InChI=1S/C19H20N4O/c1-4-17-20-8-13-9-23(10-16(13)21-17)19(24)18-12(3)14-7-11(2)5-6-15(14)22-18/h5-8,22H,4,9-10H2,1-3H3. The lowest BCUT2D eigenvalue weighted by atomic mass is 10.1. The highest BCUT2D eigenvalue weighted by molar-refractivity contribution is 6.01. The van der Waals surface area contributed by atoms with E-state index in [4.69, 9.17) is 0 Å². The lowest BCUT2D eigenvalue weighted by molar-refractivity contribution is 0.0744. The summed E-state index contributed by atoms with van der Waals surface area (Å²) in [5.74, 6) is 0.859. The highest BCUT2D eigenvalue weighted by Crippen LogP contribution is 2.27. The molecule has 0 spiro atoms. The Morgan fingerprint density at radius 2 is 2.12 bits per heavy atom. The Bertz CT molecular complexity index is 957. The summed E-state index contributed by atoms with van der Waals surface area (Å²) in [5.41, 5.74) is 5.90. The normalized spacial score (nSPS) is 13.5. The van der Waals surface area contributed by atoms with Crippen molar-refractivity contribution in [3.05, 3.63) is 58.3 Å². The Hall–Kier alpha value is -2.69. The second kappa shape index (κ2) is 5.44. The Balaban J connectivity index is 1.67. The molecule has 3 heterocycles. The molecule has 0 bridgehead atoms. The molecular weight excluding hydrogens is 300 g/mol. The molecule has 1 amide bonds. The maximum absolute atomic E-state index is 13.0. The summed E-state index contributed by atoms with van der Waals surface area (Å²) >= 11 is 0. The average molecular weight is 320 g/mol. The number of aromatic amines is 1. The topological polar surface area (TPSA) is 61.9 Å². The Morgan fingerprint density at radius 1 is 1.29 bits per heavy atom. The number of hydrogen-bond acceptors (Lipinski definition) is 3. The molecule has 0 saturated heterocycles. The molecular formula is C19H20N4O. The van der Waals surface area contributed by atoms with E-state index in [1.54, 1.807) is 0 Å². The largest absolute Gasteiger partial charge is 0.350 e. The Kier molecular flexibility index (Phi) is 3.37. The van der Waals surface area contributed by atoms with Crippen molar-refractivity contribution < 1.29 is 4.79 Å². The van der Waals surface area contributed by atoms with Crippen molar-refractivity contribution in [2.24, 2.45) is 0 Å². The third-order valence-corrected chi connectivity index (χ3v) is 4.74. The summed E-state index contributed by atoms with van der Waals surface area (Å²) in [6.07, 6.45) is 2.66. The van der Waals surface area contributed by atoms with E-state index < -0.39 is 0 Å². The molecule has 3 aromatic rings. The molecule has 0 aliphatic carbocycles. The van der Waals surface area contributed by atoms with Crippen LogP contribution in [0.1, 0.15) is 45.6 Å². The van der Waals surface area contributed by atoms with Crippen LogP contribution in [0.4, 0.5) is 0 Å². The molecule has 24 heavy (non-hydrogen) atoms. The fraction of sp³-hybridized carbons (Fsp3) is 0.316. The first-order valence-electron chi connectivity index (χ1n) is 8.28. The third kappa shape index (κ3) is 2.28. The average Bonchev–Trinajstić information content (AvgIpc) is 3.15. The minimum atomic E-state index is 0.0254. The van der Waals surface area contributed by atoms with E-state index in [1.165, 1.54) is 5.56 Å². The minimum absolute atomic E-state index is 0.0254. The molecule has 122 valence electrons. The zero-order valence-electron chi connectivity index (χ0n) is 14.2. The van der Waals surface area contributed by atoms with Gasteiger partial charge in [0.1, 0.15) is 11.5 Å². The zero-order valence-corrected chi connectivity index (χ0v) is 14.2. The summed E-state index contributed by atoms with van der Waals surface area (Å²) in [7, 11) is 0. The molecule has 0 saturated carbocycles. The molecule has 1 aliphatic rings. The minimum Gasteiger partial charge on any atom is -0.350 e. The molecule has 2 aromatic heterocycles. The van der Waals surface area contributed by atoms with Crippen LogP contribution in [0.15, 0.2) is 24.4 Å². The van der Waals surface area contributed by atoms with Crippen LogP contribution in [0, 0.1) is 13.8 Å². The van der Waals surface area contributed by atoms with Gasteiger partial charge < -0.3 is 9.88 Å². The number of aryl methyl sites for hydroxylation is 3. The van der Waals surface area contributed by atoms with E-state index >= 15 is 0 Å². The van der Waals surface area contributed by atoms with Gasteiger partial charge in [-0.15, -0.1) is 0 Å². The van der Waals surface area contributed by atoms with Crippen LogP contribution >= 0.6 is 0 Å². The number of nitrogens with zero attached hydrogens (tertiary/aromatic N) is 3. The van der Waals surface area contributed by atoms with Gasteiger partial charge in [0.05, 0.1) is 12.2 Å². The summed E-state index contributed by atoms with van der Waals surface area (Å²) < 4.78 is 0. The summed E-state index contributed by atoms with van der Waals surface area (Å²) in [6.45, 7) is 7.23. The third-order valence-electron chi connectivity index (χ3n) is 4.74. The van der Waals surface area contributed by atoms with Gasteiger partial charge in [-0.25, -0.2) is 9.97 Å². The van der Waals surface area contributed by atoms with Crippen molar-refractivity contribution in [2.75, 3.05) is 0 Å². The number of benzene rings is 1. The number of amides is 1. The maximum atomic E-state index is 13.0. The van der Waals surface area contributed by atoms with E-state index in [1.807, 2.05) is 31.0 Å². The van der Waals surface area contributed by atoms with E-state index in [9.17, 15) is 4.79 Å². The molecule has 1 aromatic carbocycles. The van der Waals surface area contributed by atoms with Gasteiger partial charge in [0.15, 0.2) is 0 Å². The summed E-state index contributed by atoms with van der Waals surface area (Å²) in [5, 5.41) is 1.11. The van der Waals surface area contributed by atoms with Crippen molar-refractivity contribution in [1.82, 2.24) is 19.9 Å². The lowest BCUT2D eigenvalue weighted by Gasteiger charge is -2.14. The zero-order chi connectivity index (χ0) is 16.8. The van der Waals surface area contributed by atoms with E-state index in [0.717, 1.165) is 40.0 Å². The van der Waals surface area contributed by atoms with Crippen LogP contribution in [-0.2, 0) is 19.5 Å². The lowest BCUT2D eigenvalue weighted by Crippen LogP contribution is -2.26. The monoisotopic (exact) mass is 320 g/mol. The van der Waals surface area contributed by atoms with Crippen molar-refractivity contribution in [3.8, 4) is 0 Å². The number of carbonyl (C=O) groups is 1. The van der Waals surface area contributed by atoms with Crippen LogP contribution in [-0.4, -0.2) is 25.8 Å². The van der Waals surface area contributed by atoms with Crippen LogP contribution in [0.3, 0.4) is 0 Å². The fourth-order valence-corrected chi connectivity index (χ4v) is 3.32. The molecule has 0 atom stereocenters. The first-order valence-corrected chi connectivity index (χ1v) is 8.28. The van der Waals surface area contributed by atoms with E-state index in [0.29, 0.717) is 18.8 Å². The molecule has 5 nitrogen and oxygen atoms in total. The van der Waals surface area contributed by atoms with E-state index in [-0.39, 0.29) is 5.91 Å². The van der Waals surface area contributed by atoms with Gasteiger partial charge in [-0.3, -0.25) is 4.79 Å². The highest BCUT2D eigenvalue weighted by atomic mass is 16.2. The molecule has 4 rings (SSSR count). The van der Waals surface area contributed by atoms with Gasteiger partial charge in [-0.05, 0) is 31.5 Å². The number of H-pyrrole nitrogens is 1. The Morgan fingerprint density at radius 3 is 2.92 bits per heavy atom. The summed E-state index contributed by atoms with van der Waals surface area (Å²) in [4.78, 5) is 27.0. The number of aromatic nitrogens is 3. The number of fused-ring (bicyclic) bond motifs is 2. The molecule has 0 radical (unpaired) electrons. The van der Waals surface area contributed by atoms with Crippen molar-refractivity contribution in [1.29, 1.82) is 0 Å². The van der Waals surface area contributed by atoms with Gasteiger partial charge in [0.2, 0.25) is 0 Å². The first-order chi connectivity index (χ1) is 11.6. The van der Waals surface area contributed by atoms with Crippen LogP contribution in [0.25, 0.3) is 10.9 Å². The first kappa shape index (κ1) is 14.9. The van der Waals surface area contributed by atoms with Gasteiger partial charge in [0.25, 0.3) is 5.91 Å². The van der Waals surface area contributed by atoms with Crippen LogP contribution in [0.5, 0.6) is 0 Å². The number of nitrogens with one attached hydrogen (secondary N) is 1. The number of rotatable bonds is 2. The maximum Gasteiger partial charge on any atom is 0.271 e. The quantitative estimate of drug-likeness (QED) is 0.788.